The number of rotatable bonds is 8. The summed E-state index contributed by atoms with van der Waals surface area (Å²) in [4.78, 5) is 40.4. The van der Waals surface area contributed by atoms with E-state index in [1.54, 1.807) is 0 Å². The van der Waals surface area contributed by atoms with E-state index in [1.165, 1.54) is 16.6 Å². The highest BCUT2D eigenvalue weighted by molar-refractivity contribution is 5.98. The zero-order chi connectivity index (χ0) is 17.0. The maximum absolute atomic E-state index is 12.5. The number of nitrogen functional groups attached to an aromatic ring is 1. The summed E-state index contributed by atoms with van der Waals surface area (Å²) < 4.78 is 6.35. The molecule has 0 bridgehead atoms. The lowest BCUT2D eigenvalue weighted by Gasteiger charge is -2.24. The van der Waals surface area contributed by atoms with Crippen molar-refractivity contribution in [3.63, 3.8) is 0 Å². The second kappa shape index (κ2) is 7.45. The second-order valence-electron chi connectivity index (χ2n) is 5.76. The normalized spacial score (nSPS) is 14.0. The molecular weight excluding hydrogens is 300 g/mol. The van der Waals surface area contributed by atoms with E-state index in [0.29, 0.717) is 6.54 Å². The number of amides is 1. The van der Waals surface area contributed by atoms with Gasteiger partial charge in [0.05, 0.1) is 6.61 Å². The number of H-pyrrole nitrogens is 1. The third-order valence-electron chi connectivity index (χ3n) is 3.93. The van der Waals surface area contributed by atoms with E-state index in [1.807, 2.05) is 6.92 Å². The van der Waals surface area contributed by atoms with Crippen LogP contribution in [-0.4, -0.2) is 35.7 Å². The average molecular weight is 324 g/mol. The predicted molar refractivity (Wildman–Crippen MR) is 87.6 cm³/mol. The van der Waals surface area contributed by atoms with Crippen molar-refractivity contribution in [3.8, 4) is 0 Å². The number of nitrogens with two attached hydrogens (primary N) is 1. The van der Waals surface area contributed by atoms with Crippen LogP contribution in [0.3, 0.4) is 0 Å². The number of methoxy groups -OCH3 is 1. The molecule has 1 fully saturated rings. The summed E-state index contributed by atoms with van der Waals surface area (Å²) in [6.45, 7) is 2.91. The lowest BCUT2D eigenvalue weighted by Crippen LogP contribution is -2.43. The standard InChI is InChI=1S/C15H24N4O4/c1-3-4-7-19-12(16)11(13(20)17-15(19)22)18(8-9-23-2)14(21)10-5-6-10/h10H,3-9,16H2,1-2H3,(H,17,20,22). The van der Waals surface area contributed by atoms with Crippen LogP contribution in [0.25, 0.3) is 0 Å². The Morgan fingerprint density at radius 3 is 2.70 bits per heavy atom. The van der Waals surface area contributed by atoms with Gasteiger partial charge in [0.15, 0.2) is 5.69 Å². The van der Waals surface area contributed by atoms with Crippen LogP contribution < -0.4 is 21.9 Å². The summed E-state index contributed by atoms with van der Waals surface area (Å²) in [5, 5.41) is 0. The molecule has 0 aliphatic heterocycles. The molecule has 8 nitrogen and oxygen atoms in total. The predicted octanol–water partition coefficient (Wildman–Crippen LogP) is 0.308. The molecule has 1 saturated carbocycles. The van der Waals surface area contributed by atoms with Crippen molar-refractivity contribution in [2.45, 2.75) is 39.2 Å². The number of unbranched alkanes of at least 4 members (excludes halogenated alkanes) is 1. The van der Waals surface area contributed by atoms with Crippen molar-refractivity contribution in [1.82, 2.24) is 9.55 Å². The van der Waals surface area contributed by atoms with Gasteiger partial charge in [0.25, 0.3) is 5.56 Å². The first-order valence-corrected chi connectivity index (χ1v) is 7.94. The first-order chi connectivity index (χ1) is 11.0. The Morgan fingerprint density at radius 2 is 2.13 bits per heavy atom. The Kier molecular flexibility index (Phi) is 5.59. The zero-order valence-electron chi connectivity index (χ0n) is 13.6. The molecule has 1 amide bonds. The van der Waals surface area contributed by atoms with Crippen molar-refractivity contribution in [2.75, 3.05) is 30.9 Å². The van der Waals surface area contributed by atoms with Crippen molar-refractivity contribution in [1.29, 1.82) is 0 Å². The Balaban J connectivity index is 2.46. The van der Waals surface area contributed by atoms with Gasteiger partial charge in [0.2, 0.25) is 5.91 Å². The minimum atomic E-state index is -0.634. The third-order valence-corrected chi connectivity index (χ3v) is 3.93. The molecule has 1 heterocycles. The molecular formula is C15H24N4O4. The summed E-state index contributed by atoms with van der Waals surface area (Å²) >= 11 is 0. The van der Waals surface area contributed by atoms with Crippen LogP contribution in [0.2, 0.25) is 0 Å². The fraction of sp³-hybridized carbons (Fsp3) is 0.667. The van der Waals surface area contributed by atoms with Crippen LogP contribution in [0.4, 0.5) is 11.5 Å². The largest absolute Gasteiger partial charge is 0.383 e. The number of aromatic amines is 1. The summed E-state index contributed by atoms with van der Waals surface area (Å²) in [6.07, 6.45) is 3.27. The molecule has 3 N–H and O–H groups in total. The molecule has 0 unspecified atom stereocenters. The van der Waals surface area contributed by atoms with Crippen LogP contribution in [-0.2, 0) is 16.1 Å². The zero-order valence-corrected chi connectivity index (χ0v) is 13.6. The van der Waals surface area contributed by atoms with Gasteiger partial charge in [-0.3, -0.25) is 19.1 Å². The number of anilines is 2. The second-order valence-corrected chi connectivity index (χ2v) is 5.76. The van der Waals surface area contributed by atoms with Gasteiger partial charge in [-0.1, -0.05) is 13.3 Å². The molecule has 0 aromatic carbocycles. The molecule has 0 saturated heterocycles. The molecule has 8 heteroatoms. The Morgan fingerprint density at radius 1 is 1.43 bits per heavy atom. The fourth-order valence-corrected chi connectivity index (χ4v) is 2.44. The summed E-state index contributed by atoms with van der Waals surface area (Å²) in [7, 11) is 1.52. The highest BCUT2D eigenvalue weighted by Crippen LogP contribution is 2.33. The fourth-order valence-electron chi connectivity index (χ4n) is 2.44. The number of hydrogen-bond acceptors (Lipinski definition) is 5. The Labute approximate surface area is 134 Å². The maximum Gasteiger partial charge on any atom is 0.330 e. The van der Waals surface area contributed by atoms with E-state index in [9.17, 15) is 14.4 Å². The number of carbonyl (C=O) groups excluding carboxylic acids is 1. The maximum atomic E-state index is 12.5. The average Bonchev–Trinajstić information content (AvgIpc) is 3.34. The van der Waals surface area contributed by atoms with Gasteiger partial charge >= 0.3 is 5.69 Å². The van der Waals surface area contributed by atoms with Gasteiger partial charge in [-0.05, 0) is 19.3 Å². The van der Waals surface area contributed by atoms with E-state index in [-0.39, 0.29) is 36.5 Å². The summed E-state index contributed by atoms with van der Waals surface area (Å²) in [5.41, 5.74) is 4.94. The molecule has 1 aromatic rings. The molecule has 128 valence electrons. The number of nitrogens with zero attached hydrogens (tertiary/aromatic N) is 2. The first-order valence-electron chi connectivity index (χ1n) is 7.94. The van der Waals surface area contributed by atoms with Crippen molar-refractivity contribution < 1.29 is 9.53 Å². The van der Waals surface area contributed by atoms with Gasteiger partial charge in [0.1, 0.15) is 5.82 Å². The highest BCUT2D eigenvalue weighted by Gasteiger charge is 2.36. The molecule has 0 spiro atoms. The monoisotopic (exact) mass is 324 g/mol. The van der Waals surface area contributed by atoms with Gasteiger partial charge in [0, 0.05) is 26.1 Å². The summed E-state index contributed by atoms with van der Waals surface area (Å²) in [6, 6.07) is 0. The summed E-state index contributed by atoms with van der Waals surface area (Å²) in [5.74, 6) is -0.168. The molecule has 0 atom stereocenters. The van der Waals surface area contributed by atoms with Crippen LogP contribution in [0, 0.1) is 5.92 Å². The van der Waals surface area contributed by atoms with Gasteiger partial charge in [-0.2, -0.15) is 0 Å². The number of nitrogens with one attached hydrogen (secondary N) is 1. The van der Waals surface area contributed by atoms with E-state index in [4.69, 9.17) is 10.5 Å². The molecule has 1 aliphatic rings. The van der Waals surface area contributed by atoms with Crippen LogP contribution in [0.5, 0.6) is 0 Å². The van der Waals surface area contributed by atoms with E-state index >= 15 is 0 Å². The van der Waals surface area contributed by atoms with E-state index in [0.717, 1.165) is 25.7 Å². The molecule has 1 aromatic heterocycles. The van der Waals surface area contributed by atoms with Crippen molar-refractivity contribution in [3.05, 3.63) is 20.8 Å². The van der Waals surface area contributed by atoms with Crippen molar-refractivity contribution >= 4 is 17.4 Å². The molecule has 0 radical (unpaired) electrons. The number of carbonyl (C=O) groups is 1. The molecule has 2 rings (SSSR count). The van der Waals surface area contributed by atoms with Crippen molar-refractivity contribution in [2.24, 2.45) is 5.92 Å². The SMILES string of the molecule is CCCCn1c(N)c(N(CCOC)C(=O)C2CC2)c(=O)[nH]c1=O. The number of hydrogen-bond donors (Lipinski definition) is 2. The quantitative estimate of drug-likeness (QED) is 0.715. The minimum Gasteiger partial charge on any atom is -0.383 e. The molecule has 23 heavy (non-hydrogen) atoms. The van der Waals surface area contributed by atoms with E-state index in [2.05, 4.69) is 4.98 Å². The number of ether oxygens (including phenoxy) is 1. The van der Waals surface area contributed by atoms with Gasteiger partial charge in [-0.15, -0.1) is 0 Å². The highest BCUT2D eigenvalue weighted by atomic mass is 16.5. The lowest BCUT2D eigenvalue weighted by atomic mass is 10.3. The van der Waals surface area contributed by atoms with Crippen LogP contribution in [0.1, 0.15) is 32.6 Å². The van der Waals surface area contributed by atoms with Crippen LogP contribution >= 0.6 is 0 Å². The van der Waals surface area contributed by atoms with Crippen LogP contribution in [0.15, 0.2) is 9.59 Å². The molecule has 1 aliphatic carbocycles. The topological polar surface area (TPSA) is 110 Å². The smallest absolute Gasteiger partial charge is 0.330 e. The van der Waals surface area contributed by atoms with Gasteiger partial charge < -0.3 is 15.4 Å². The van der Waals surface area contributed by atoms with E-state index < -0.39 is 11.2 Å². The first kappa shape index (κ1) is 17.3. The third kappa shape index (κ3) is 3.82. The Hall–Kier alpha value is -2.09. The lowest BCUT2D eigenvalue weighted by molar-refractivity contribution is -0.119. The number of aromatic nitrogens is 2. The van der Waals surface area contributed by atoms with Gasteiger partial charge in [-0.25, -0.2) is 4.79 Å². The minimum absolute atomic E-state index is 0.0392. The Bertz CT molecular complexity index is 675.